The van der Waals surface area contributed by atoms with Gasteiger partial charge in [0.25, 0.3) is 5.69 Å². The van der Waals surface area contributed by atoms with Crippen molar-refractivity contribution in [1.29, 1.82) is 0 Å². The van der Waals surface area contributed by atoms with Crippen LogP contribution in [0.2, 0.25) is 0 Å². The standard InChI is InChI=1S/C19H15NO6/c1-24-15-6-7-17(25-2)16(11-15)18-10-13(19(21)26-18)8-12-4-3-5-14(9-12)20(22)23/h3-11H,1-2H3/b13-8+. The first kappa shape index (κ1) is 17.2. The third-order valence-corrected chi connectivity index (χ3v) is 3.80. The molecule has 3 rings (SSSR count). The number of ether oxygens (including phenoxy) is 3. The molecule has 0 atom stereocenters. The normalized spacial score (nSPS) is 14.8. The molecule has 0 amide bonds. The van der Waals surface area contributed by atoms with Crippen molar-refractivity contribution in [1.82, 2.24) is 0 Å². The van der Waals surface area contributed by atoms with Gasteiger partial charge in [0.05, 0.1) is 30.3 Å². The molecule has 0 bridgehead atoms. The Morgan fingerprint density at radius 2 is 1.92 bits per heavy atom. The molecule has 0 aromatic heterocycles. The second kappa shape index (κ2) is 7.10. The maximum absolute atomic E-state index is 12.2. The van der Waals surface area contributed by atoms with Gasteiger partial charge in [0.1, 0.15) is 17.3 Å². The van der Waals surface area contributed by atoms with E-state index in [1.807, 2.05) is 0 Å². The molecule has 2 aromatic carbocycles. The second-order valence-corrected chi connectivity index (χ2v) is 5.42. The van der Waals surface area contributed by atoms with E-state index in [-0.39, 0.29) is 11.3 Å². The lowest BCUT2D eigenvalue weighted by Gasteiger charge is -2.10. The molecule has 0 fully saturated rings. The Morgan fingerprint density at radius 1 is 1.12 bits per heavy atom. The van der Waals surface area contributed by atoms with E-state index in [4.69, 9.17) is 14.2 Å². The summed E-state index contributed by atoms with van der Waals surface area (Å²) in [5.41, 5.74) is 1.33. The fourth-order valence-corrected chi connectivity index (χ4v) is 2.54. The van der Waals surface area contributed by atoms with E-state index in [1.165, 1.54) is 32.4 Å². The zero-order valence-corrected chi connectivity index (χ0v) is 14.1. The van der Waals surface area contributed by atoms with Crippen molar-refractivity contribution in [3.63, 3.8) is 0 Å². The first-order valence-electron chi connectivity index (χ1n) is 7.64. The molecule has 0 radical (unpaired) electrons. The predicted molar refractivity (Wildman–Crippen MR) is 94.7 cm³/mol. The molecule has 0 saturated carbocycles. The molecule has 132 valence electrons. The molecule has 7 nitrogen and oxygen atoms in total. The summed E-state index contributed by atoms with van der Waals surface area (Å²) in [6.07, 6.45) is 3.10. The average Bonchev–Trinajstić information content (AvgIpc) is 3.01. The molecule has 0 N–H and O–H groups in total. The fraction of sp³-hybridized carbons (Fsp3) is 0.105. The lowest BCUT2D eigenvalue weighted by Crippen LogP contribution is -1.99. The van der Waals surface area contributed by atoms with E-state index < -0.39 is 10.9 Å². The van der Waals surface area contributed by atoms with Gasteiger partial charge in [-0.2, -0.15) is 0 Å². The molecule has 2 aromatic rings. The van der Waals surface area contributed by atoms with Gasteiger partial charge in [-0.05, 0) is 35.9 Å². The predicted octanol–water partition coefficient (Wildman–Crippen LogP) is 3.59. The van der Waals surface area contributed by atoms with Gasteiger partial charge in [-0.1, -0.05) is 12.1 Å². The number of carbonyl (C=O) groups is 1. The molecule has 1 aliphatic rings. The first-order valence-corrected chi connectivity index (χ1v) is 7.64. The van der Waals surface area contributed by atoms with Gasteiger partial charge in [0.2, 0.25) is 0 Å². The van der Waals surface area contributed by atoms with Crippen LogP contribution in [0.15, 0.2) is 54.1 Å². The minimum atomic E-state index is -0.545. The van der Waals surface area contributed by atoms with Gasteiger partial charge >= 0.3 is 5.97 Å². The summed E-state index contributed by atoms with van der Waals surface area (Å²) < 4.78 is 15.8. The van der Waals surface area contributed by atoms with E-state index in [9.17, 15) is 14.9 Å². The highest BCUT2D eigenvalue weighted by molar-refractivity contribution is 6.05. The number of benzene rings is 2. The van der Waals surface area contributed by atoms with Gasteiger partial charge in [-0.15, -0.1) is 0 Å². The fourth-order valence-electron chi connectivity index (χ4n) is 2.54. The van der Waals surface area contributed by atoms with E-state index >= 15 is 0 Å². The minimum absolute atomic E-state index is 0.0515. The molecule has 0 unspecified atom stereocenters. The Labute approximate surface area is 149 Å². The lowest BCUT2D eigenvalue weighted by molar-refractivity contribution is -0.384. The second-order valence-electron chi connectivity index (χ2n) is 5.42. The van der Waals surface area contributed by atoms with Crippen molar-refractivity contribution in [3.8, 4) is 11.5 Å². The number of nitrogens with zero attached hydrogens (tertiary/aromatic N) is 1. The SMILES string of the molecule is COc1ccc(OC)c(C2=C/C(=C\c3cccc([N+](=O)[O-])c3)C(=O)O2)c1. The van der Waals surface area contributed by atoms with Gasteiger partial charge in [-0.3, -0.25) is 10.1 Å². The van der Waals surface area contributed by atoms with Crippen LogP contribution in [0.1, 0.15) is 11.1 Å². The van der Waals surface area contributed by atoms with Crippen LogP contribution in [0.25, 0.3) is 11.8 Å². The molecule has 26 heavy (non-hydrogen) atoms. The number of cyclic esters (lactones) is 1. The number of nitro benzene ring substituents is 1. The van der Waals surface area contributed by atoms with Crippen LogP contribution >= 0.6 is 0 Å². The average molecular weight is 353 g/mol. The largest absolute Gasteiger partial charge is 0.497 e. The zero-order valence-electron chi connectivity index (χ0n) is 14.1. The van der Waals surface area contributed by atoms with Crippen LogP contribution in [0.5, 0.6) is 11.5 Å². The Balaban J connectivity index is 2.00. The highest BCUT2D eigenvalue weighted by Crippen LogP contribution is 2.35. The maximum atomic E-state index is 12.2. The Kier molecular flexibility index (Phi) is 4.70. The summed E-state index contributed by atoms with van der Waals surface area (Å²) in [5, 5.41) is 10.9. The smallest absolute Gasteiger partial charge is 0.343 e. The quantitative estimate of drug-likeness (QED) is 0.353. The zero-order chi connectivity index (χ0) is 18.7. The maximum Gasteiger partial charge on any atom is 0.343 e. The topological polar surface area (TPSA) is 87.9 Å². The minimum Gasteiger partial charge on any atom is -0.497 e. The number of carbonyl (C=O) groups excluding carboxylic acids is 1. The molecular formula is C19H15NO6. The van der Waals surface area contributed by atoms with Crippen LogP contribution in [0.4, 0.5) is 5.69 Å². The van der Waals surface area contributed by atoms with Crippen molar-refractivity contribution in [2.24, 2.45) is 0 Å². The van der Waals surface area contributed by atoms with E-state index in [2.05, 4.69) is 0 Å². The molecule has 0 spiro atoms. The highest BCUT2D eigenvalue weighted by Gasteiger charge is 2.24. The van der Waals surface area contributed by atoms with E-state index in [0.717, 1.165) is 0 Å². The summed E-state index contributed by atoms with van der Waals surface area (Å²) in [4.78, 5) is 22.6. The van der Waals surface area contributed by atoms with Gasteiger partial charge in [0.15, 0.2) is 0 Å². The first-order chi connectivity index (χ1) is 12.5. The van der Waals surface area contributed by atoms with Crippen molar-refractivity contribution in [2.75, 3.05) is 14.2 Å². The number of esters is 1. The lowest BCUT2D eigenvalue weighted by atomic mass is 10.1. The molecule has 7 heteroatoms. The third kappa shape index (κ3) is 3.41. The summed E-state index contributed by atoms with van der Waals surface area (Å²) in [6.45, 7) is 0. The third-order valence-electron chi connectivity index (χ3n) is 3.80. The number of non-ortho nitro benzene ring substituents is 1. The Bertz CT molecular complexity index is 945. The Hall–Kier alpha value is -3.61. The summed E-state index contributed by atoms with van der Waals surface area (Å²) in [7, 11) is 3.05. The molecule has 0 aliphatic carbocycles. The molecular weight excluding hydrogens is 338 g/mol. The molecule has 0 saturated heterocycles. The number of nitro groups is 1. The van der Waals surface area contributed by atoms with Crippen molar-refractivity contribution < 1.29 is 23.9 Å². The highest BCUT2D eigenvalue weighted by atomic mass is 16.6. The van der Waals surface area contributed by atoms with Crippen LogP contribution < -0.4 is 9.47 Å². The van der Waals surface area contributed by atoms with Crippen LogP contribution in [-0.2, 0) is 9.53 Å². The number of hydrogen-bond acceptors (Lipinski definition) is 6. The van der Waals surface area contributed by atoms with E-state index in [1.54, 1.807) is 36.4 Å². The van der Waals surface area contributed by atoms with Crippen LogP contribution in [-0.4, -0.2) is 25.1 Å². The van der Waals surface area contributed by atoms with Gasteiger partial charge in [-0.25, -0.2) is 4.79 Å². The Morgan fingerprint density at radius 3 is 2.62 bits per heavy atom. The van der Waals surface area contributed by atoms with Crippen molar-refractivity contribution in [2.45, 2.75) is 0 Å². The van der Waals surface area contributed by atoms with Crippen LogP contribution in [0.3, 0.4) is 0 Å². The monoisotopic (exact) mass is 353 g/mol. The van der Waals surface area contributed by atoms with E-state index in [0.29, 0.717) is 28.4 Å². The summed E-state index contributed by atoms with van der Waals surface area (Å²) in [6, 6.07) is 11.2. The molecule has 1 aliphatic heterocycles. The number of hydrogen-bond donors (Lipinski definition) is 0. The summed E-state index contributed by atoms with van der Waals surface area (Å²) >= 11 is 0. The van der Waals surface area contributed by atoms with Crippen molar-refractivity contribution in [3.05, 3.63) is 75.4 Å². The van der Waals surface area contributed by atoms with Gasteiger partial charge in [0, 0.05) is 12.1 Å². The molecule has 1 heterocycles. The van der Waals surface area contributed by atoms with Gasteiger partial charge < -0.3 is 14.2 Å². The van der Waals surface area contributed by atoms with Crippen molar-refractivity contribution >= 4 is 23.5 Å². The number of methoxy groups -OCH3 is 2. The van der Waals surface area contributed by atoms with Crippen LogP contribution in [0, 0.1) is 10.1 Å². The summed E-state index contributed by atoms with van der Waals surface area (Å²) in [5.74, 6) is 0.897. The number of rotatable bonds is 5.